The summed E-state index contributed by atoms with van der Waals surface area (Å²) in [6.07, 6.45) is 1.33. The van der Waals surface area contributed by atoms with Crippen LogP contribution in [0.25, 0.3) is 10.2 Å². The van der Waals surface area contributed by atoms with E-state index in [1.807, 2.05) is 42.8 Å². The molecule has 6 nitrogen and oxygen atoms in total. The molecule has 1 N–H and O–H groups in total. The van der Waals surface area contributed by atoms with Crippen molar-refractivity contribution in [1.29, 1.82) is 0 Å². The topological polar surface area (TPSA) is 66.7 Å². The van der Waals surface area contributed by atoms with Crippen LogP contribution in [0.4, 0.5) is 0 Å². The Bertz CT molecular complexity index is 903. The van der Waals surface area contributed by atoms with E-state index in [1.54, 1.807) is 16.7 Å². The van der Waals surface area contributed by atoms with Gasteiger partial charge in [0.15, 0.2) is 0 Å². The van der Waals surface area contributed by atoms with Gasteiger partial charge in [-0.15, -0.1) is 16.9 Å². The zero-order chi connectivity index (χ0) is 16.9. The number of benzene rings is 1. The summed E-state index contributed by atoms with van der Waals surface area (Å²) in [6, 6.07) is 7.58. The minimum atomic E-state index is -0.432. The van der Waals surface area contributed by atoms with Gasteiger partial charge in [0, 0.05) is 19.2 Å². The summed E-state index contributed by atoms with van der Waals surface area (Å²) in [7, 11) is 1.93. The number of carbonyl (C=O) groups excluding carboxylic acids is 2. The van der Waals surface area contributed by atoms with Crippen molar-refractivity contribution < 1.29 is 9.59 Å². The van der Waals surface area contributed by atoms with Gasteiger partial charge in [-0.1, -0.05) is 23.5 Å². The number of aromatic nitrogens is 1. The van der Waals surface area contributed by atoms with Crippen LogP contribution in [0.1, 0.15) is 19.8 Å². The summed E-state index contributed by atoms with van der Waals surface area (Å²) < 4.78 is 3.07. The Morgan fingerprint density at radius 1 is 1.42 bits per heavy atom. The third kappa shape index (κ3) is 2.36. The first-order valence-corrected chi connectivity index (χ1v) is 9.64. The Morgan fingerprint density at radius 3 is 3.00 bits per heavy atom. The molecule has 126 valence electrons. The molecule has 0 saturated carbocycles. The minimum absolute atomic E-state index is 0.0649. The number of thiazole rings is 1. The van der Waals surface area contributed by atoms with Gasteiger partial charge in [-0.3, -0.25) is 9.59 Å². The Balaban J connectivity index is 1.58. The van der Waals surface area contributed by atoms with E-state index in [-0.39, 0.29) is 16.7 Å². The summed E-state index contributed by atoms with van der Waals surface area (Å²) in [5, 5.41) is 4.28. The second kappa shape index (κ2) is 5.63. The summed E-state index contributed by atoms with van der Waals surface area (Å²) >= 11 is 3.21. The van der Waals surface area contributed by atoms with Crippen molar-refractivity contribution >= 4 is 45.1 Å². The molecular formula is C16H18N4O2S2. The largest absolute Gasteiger partial charge is 0.318 e. The zero-order valence-corrected chi connectivity index (χ0v) is 15.1. The molecule has 2 saturated heterocycles. The quantitative estimate of drug-likeness (QED) is 0.826. The van der Waals surface area contributed by atoms with Crippen molar-refractivity contribution in [2.75, 3.05) is 5.75 Å². The summed E-state index contributed by atoms with van der Waals surface area (Å²) in [5.74, 6) is 0.483. The molecule has 3 heterocycles. The molecule has 0 spiro atoms. The smallest absolute Gasteiger partial charge is 0.263 e. The van der Waals surface area contributed by atoms with E-state index in [1.165, 1.54) is 11.3 Å². The van der Waals surface area contributed by atoms with Crippen LogP contribution >= 0.6 is 23.1 Å². The lowest BCUT2D eigenvalue weighted by Gasteiger charge is -2.29. The normalized spacial score (nSPS) is 27.1. The second-order valence-corrected chi connectivity index (χ2v) is 8.78. The molecule has 0 aliphatic carbocycles. The number of rotatable bonds is 2. The molecule has 4 rings (SSSR count). The molecule has 2 aromatic rings. The Morgan fingerprint density at radius 2 is 2.21 bits per heavy atom. The van der Waals surface area contributed by atoms with Crippen LogP contribution in [0.2, 0.25) is 0 Å². The average molecular weight is 362 g/mol. The Labute approximate surface area is 147 Å². The highest BCUT2D eigenvalue weighted by molar-refractivity contribution is 8.01. The van der Waals surface area contributed by atoms with Gasteiger partial charge in [0.05, 0.1) is 15.1 Å². The number of nitrogens with zero attached hydrogens (tertiary/aromatic N) is 3. The fourth-order valence-electron chi connectivity index (χ4n) is 3.38. The molecule has 2 amide bonds. The van der Waals surface area contributed by atoms with E-state index in [0.29, 0.717) is 12.2 Å². The number of fused-ring (bicyclic) bond motifs is 2. The van der Waals surface area contributed by atoms with Gasteiger partial charge in [-0.2, -0.15) is 0 Å². The number of aryl methyl sites for hydroxylation is 1. The molecule has 2 atom stereocenters. The number of hydrogen-bond donors (Lipinski definition) is 1. The number of thioether (sulfide) groups is 1. The van der Waals surface area contributed by atoms with Crippen LogP contribution in [0.5, 0.6) is 0 Å². The van der Waals surface area contributed by atoms with Gasteiger partial charge in [0.2, 0.25) is 10.7 Å². The highest BCUT2D eigenvalue weighted by atomic mass is 32.2. The fraction of sp³-hybridized carbons (Fsp3) is 0.438. The first-order chi connectivity index (χ1) is 11.5. The summed E-state index contributed by atoms with van der Waals surface area (Å²) in [4.78, 5) is 26.9. The molecule has 2 aliphatic rings. The highest BCUT2D eigenvalue weighted by Crippen LogP contribution is 2.47. The number of amides is 2. The van der Waals surface area contributed by atoms with Crippen molar-refractivity contribution in [3.05, 3.63) is 29.1 Å². The van der Waals surface area contributed by atoms with Crippen LogP contribution in [0, 0.1) is 0 Å². The molecule has 1 aromatic heterocycles. The van der Waals surface area contributed by atoms with Gasteiger partial charge < -0.3 is 9.47 Å². The lowest BCUT2D eigenvalue weighted by Crippen LogP contribution is -2.49. The lowest BCUT2D eigenvalue weighted by atomic mass is 10.2. The minimum Gasteiger partial charge on any atom is -0.318 e. The SMILES string of the molecule is Cn1/c(=N/NC(=O)C2CSC3(C)CCC(=O)N23)sc2ccccc21. The lowest BCUT2D eigenvalue weighted by molar-refractivity contribution is -0.137. The second-order valence-electron chi connectivity index (χ2n) is 6.26. The summed E-state index contributed by atoms with van der Waals surface area (Å²) in [6.45, 7) is 2.04. The predicted octanol–water partition coefficient (Wildman–Crippen LogP) is 1.63. The molecular weight excluding hydrogens is 344 g/mol. The van der Waals surface area contributed by atoms with Crippen molar-refractivity contribution in [1.82, 2.24) is 14.9 Å². The average Bonchev–Trinajstić information content (AvgIpc) is 3.18. The number of nitrogens with one attached hydrogen (secondary N) is 1. The Hall–Kier alpha value is -1.80. The van der Waals surface area contributed by atoms with E-state index in [0.717, 1.165) is 21.4 Å². The van der Waals surface area contributed by atoms with Gasteiger partial charge in [0.25, 0.3) is 5.91 Å². The van der Waals surface area contributed by atoms with E-state index >= 15 is 0 Å². The molecule has 2 fully saturated rings. The monoisotopic (exact) mass is 362 g/mol. The molecule has 2 aliphatic heterocycles. The van der Waals surface area contributed by atoms with Gasteiger partial charge in [0.1, 0.15) is 6.04 Å². The summed E-state index contributed by atoms with van der Waals surface area (Å²) in [5.41, 5.74) is 3.74. The van der Waals surface area contributed by atoms with Crippen LogP contribution in [-0.4, -0.2) is 37.9 Å². The first-order valence-electron chi connectivity index (χ1n) is 7.84. The van der Waals surface area contributed by atoms with Crippen molar-refractivity contribution in [3.8, 4) is 0 Å². The molecule has 0 radical (unpaired) electrons. The molecule has 0 bridgehead atoms. The van der Waals surface area contributed by atoms with E-state index in [2.05, 4.69) is 10.5 Å². The molecule has 24 heavy (non-hydrogen) atoms. The van der Waals surface area contributed by atoms with Crippen LogP contribution in [0.15, 0.2) is 29.4 Å². The zero-order valence-electron chi connectivity index (χ0n) is 13.5. The van der Waals surface area contributed by atoms with Crippen LogP contribution in [0.3, 0.4) is 0 Å². The molecule has 1 aromatic carbocycles. The van der Waals surface area contributed by atoms with Gasteiger partial charge in [-0.05, 0) is 25.5 Å². The number of carbonyl (C=O) groups is 2. The van der Waals surface area contributed by atoms with Crippen LogP contribution < -0.4 is 10.2 Å². The fourth-order valence-corrected chi connectivity index (χ4v) is 5.79. The van der Waals surface area contributed by atoms with Crippen molar-refractivity contribution in [3.63, 3.8) is 0 Å². The maximum atomic E-state index is 12.6. The van der Waals surface area contributed by atoms with E-state index < -0.39 is 6.04 Å². The predicted molar refractivity (Wildman–Crippen MR) is 95.2 cm³/mol. The van der Waals surface area contributed by atoms with E-state index in [9.17, 15) is 9.59 Å². The van der Waals surface area contributed by atoms with Gasteiger partial charge >= 0.3 is 0 Å². The first kappa shape index (κ1) is 15.7. The van der Waals surface area contributed by atoms with Crippen molar-refractivity contribution in [2.24, 2.45) is 12.1 Å². The Kier molecular flexibility index (Phi) is 3.69. The maximum Gasteiger partial charge on any atom is 0.263 e. The van der Waals surface area contributed by atoms with Crippen molar-refractivity contribution in [2.45, 2.75) is 30.7 Å². The maximum absolute atomic E-state index is 12.6. The molecule has 2 unspecified atom stereocenters. The van der Waals surface area contributed by atoms with Crippen LogP contribution in [-0.2, 0) is 16.6 Å². The van der Waals surface area contributed by atoms with Gasteiger partial charge in [-0.25, -0.2) is 5.43 Å². The highest BCUT2D eigenvalue weighted by Gasteiger charge is 2.52. The standard InChI is InChI=1S/C16H18N4O2S2/c1-16-8-7-13(21)20(16)11(9-23-16)14(22)17-18-15-19(2)10-5-3-4-6-12(10)24-15/h3-6,11H,7-9H2,1-2H3,(H,17,22)/b18-15-. The van der Waals surface area contributed by atoms with E-state index in [4.69, 9.17) is 0 Å². The molecule has 8 heteroatoms. The third-order valence-electron chi connectivity index (χ3n) is 4.72. The third-order valence-corrected chi connectivity index (χ3v) is 7.34. The number of hydrogen-bond acceptors (Lipinski definition) is 5. The number of para-hydroxylation sites is 1.